The summed E-state index contributed by atoms with van der Waals surface area (Å²) in [6, 6.07) is 8.62. The molecular weight excluding hydrogens is 386 g/mol. The Bertz CT molecular complexity index is 758. The molecule has 0 radical (unpaired) electrons. The van der Waals surface area contributed by atoms with E-state index in [1.54, 1.807) is 63.5 Å². The highest BCUT2D eigenvalue weighted by molar-refractivity contribution is 9.10. The molecule has 132 valence electrons. The molecular formula is C18H20BrN3O3. The van der Waals surface area contributed by atoms with E-state index >= 15 is 0 Å². The van der Waals surface area contributed by atoms with Gasteiger partial charge in [0, 0.05) is 34.7 Å². The van der Waals surface area contributed by atoms with Gasteiger partial charge in [-0.1, -0.05) is 22.0 Å². The largest absolute Gasteiger partial charge is 0.444 e. The van der Waals surface area contributed by atoms with E-state index in [4.69, 9.17) is 4.74 Å². The summed E-state index contributed by atoms with van der Waals surface area (Å²) in [6.07, 6.45) is 2.73. The molecule has 0 spiro atoms. The zero-order valence-corrected chi connectivity index (χ0v) is 15.9. The highest BCUT2D eigenvalue weighted by Gasteiger charge is 2.16. The van der Waals surface area contributed by atoms with Gasteiger partial charge in [0.1, 0.15) is 5.60 Å². The molecule has 1 aromatic heterocycles. The molecule has 0 aliphatic rings. The molecule has 2 N–H and O–H groups in total. The van der Waals surface area contributed by atoms with E-state index < -0.39 is 11.7 Å². The number of nitrogens with one attached hydrogen (secondary N) is 2. The van der Waals surface area contributed by atoms with E-state index in [1.807, 2.05) is 0 Å². The van der Waals surface area contributed by atoms with Crippen LogP contribution in [0.5, 0.6) is 0 Å². The van der Waals surface area contributed by atoms with Crippen molar-refractivity contribution in [3.8, 4) is 0 Å². The van der Waals surface area contributed by atoms with Gasteiger partial charge in [0.2, 0.25) is 0 Å². The number of rotatable bonds is 4. The van der Waals surface area contributed by atoms with Crippen molar-refractivity contribution in [2.45, 2.75) is 32.9 Å². The summed E-state index contributed by atoms with van der Waals surface area (Å²) in [6.45, 7) is 5.71. The number of pyridine rings is 1. The first-order chi connectivity index (χ1) is 11.7. The Hall–Kier alpha value is -2.41. The lowest BCUT2D eigenvalue weighted by Gasteiger charge is -2.19. The lowest BCUT2D eigenvalue weighted by atomic mass is 10.1. The second-order valence-corrected chi connectivity index (χ2v) is 7.21. The number of anilines is 1. The van der Waals surface area contributed by atoms with Crippen LogP contribution in [0.3, 0.4) is 0 Å². The normalized spacial score (nSPS) is 10.9. The van der Waals surface area contributed by atoms with Gasteiger partial charge in [-0.05, 0) is 50.6 Å². The predicted octanol–water partition coefficient (Wildman–Crippen LogP) is 4.12. The van der Waals surface area contributed by atoms with Crippen LogP contribution in [0, 0.1) is 0 Å². The molecule has 0 bridgehead atoms. The number of hydrogen-bond donors (Lipinski definition) is 2. The lowest BCUT2D eigenvalue weighted by Crippen LogP contribution is -2.32. The third-order valence-electron chi connectivity index (χ3n) is 3.08. The maximum Gasteiger partial charge on any atom is 0.407 e. The van der Waals surface area contributed by atoms with Crippen LogP contribution in [0.2, 0.25) is 0 Å². The predicted molar refractivity (Wildman–Crippen MR) is 99.4 cm³/mol. The van der Waals surface area contributed by atoms with Gasteiger partial charge >= 0.3 is 6.09 Å². The first kappa shape index (κ1) is 18.9. The van der Waals surface area contributed by atoms with Crippen LogP contribution in [0.15, 0.2) is 47.2 Å². The highest BCUT2D eigenvalue weighted by atomic mass is 79.9. The van der Waals surface area contributed by atoms with Gasteiger partial charge in [-0.3, -0.25) is 9.78 Å². The smallest absolute Gasteiger partial charge is 0.407 e. The van der Waals surface area contributed by atoms with Gasteiger partial charge in [-0.25, -0.2) is 4.79 Å². The summed E-state index contributed by atoms with van der Waals surface area (Å²) in [5.74, 6) is -0.224. The van der Waals surface area contributed by atoms with E-state index in [9.17, 15) is 9.59 Å². The monoisotopic (exact) mass is 405 g/mol. The third kappa shape index (κ3) is 6.19. The lowest BCUT2D eigenvalue weighted by molar-refractivity contribution is 0.0523. The Labute approximate surface area is 155 Å². The highest BCUT2D eigenvalue weighted by Crippen LogP contribution is 2.20. The standard InChI is InChI=1S/C18H20BrN3O3/c1-18(2,3)25-17(24)21-11-13-5-4-12(10-15(13)19)16(23)22-14-6-8-20-9-7-14/h4-10H,11H2,1-3H3,(H,21,24)(H,20,22,23). The first-order valence-electron chi connectivity index (χ1n) is 7.71. The van der Waals surface area contributed by atoms with Crippen molar-refractivity contribution in [1.29, 1.82) is 0 Å². The molecule has 0 fully saturated rings. The van der Waals surface area contributed by atoms with E-state index in [0.29, 0.717) is 17.8 Å². The van der Waals surface area contributed by atoms with Crippen molar-refractivity contribution in [3.05, 3.63) is 58.3 Å². The van der Waals surface area contributed by atoms with E-state index in [0.717, 1.165) is 10.0 Å². The molecule has 0 aliphatic carbocycles. The minimum atomic E-state index is -0.545. The Kier molecular flexibility index (Phi) is 6.14. The summed E-state index contributed by atoms with van der Waals surface area (Å²) in [5, 5.41) is 5.48. The van der Waals surface area contributed by atoms with Gasteiger partial charge < -0.3 is 15.4 Å². The Balaban J connectivity index is 1.98. The van der Waals surface area contributed by atoms with Gasteiger partial charge in [0.05, 0.1) is 0 Å². The van der Waals surface area contributed by atoms with Crippen LogP contribution in [0.1, 0.15) is 36.7 Å². The Morgan fingerprint density at radius 1 is 1.16 bits per heavy atom. The third-order valence-corrected chi connectivity index (χ3v) is 3.81. The summed E-state index contributed by atoms with van der Waals surface area (Å²) < 4.78 is 5.92. The van der Waals surface area contributed by atoms with Crippen LogP contribution in [0.4, 0.5) is 10.5 Å². The van der Waals surface area contributed by atoms with E-state index in [1.165, 1.54) is 0 Å². The average Bonchev–Trinajstić information content (AvgIpc) is 2.53. The number of alkyl carbamates (subject to hydrolysis) is 1. The van der Waals surface area contributed by atoms with Crippen molar-refractivity contribution in [1.82, 2.24) is 10.3 Å². The van der Waals surface area contributed by atoms with Crippen molar-refractivity contribution in [2.24, 2.45) is 0 Å². The molecule has 2 amide bonds. The molecule has 2 aromatic rings. The molecule has 0 unspecified atom stereocenters. The summed E-state index contributed by atoms with van der Waals surface area (Å²) in [7, 11) is 0. The molecule has 2 rings (SSSR count). The molecule has 1 heterocycles. The van der Waals surface area contributed by atoms with E-state index in [-0.39, 0.29) is 5.91 Å². The molecule has 1 aromatic carbocycles. The van der Waals surface area contributed by atoms with Crippen molar-refractivity contribution < 1.29 is 14.3 Å². The summed E-state index contributed by atoms with van der Waals surface area (Å²) in [4.78, 5) is 27.9. The van der Waals surface area contributed by atoms with Crippen LogP contribution in [0.25, 0.3) is 0 Å². The molecule has 25 heavy (non-hydrogen) atoms. The van der Waals surface area contributed by atoms with Crippen LogP contribution < -0.4 is 10.6 Å². The first-order valence-corrected chi connectivity index (χ1v) is 8.50. The van der Waals surface area contributed by atoms with Crippen molar-refractivity contribution >= 4 is 33.6 Å². The Morgan fingerprint density at radius 2 is 1.84 bits per heavy atom. The zero-order valence-electron chi connectivity index (χ0n) is 14.3. The molecule has 0 saturated heterocycles. The molecule has 0 atom stereocenters. The number of benzene rings is 1. The maximum absolute atomic E-state index is 12.3. The molecule has 7 heteroatoms. The molecule has 0 aliphatic heterocycles. The fourth-order valence-electron chi connectivity index (χ4n) is 1.95. The quantitative estimate of drug-likeness (QED) is 0.801. The second-order valence-electron chi connectivity index (χ2n) is 6.35. The summed E-state index contributed by atoms with van der Waals surface area (Å²) >= 11 is 3.43. The van der Waals surface area contributed by atoms with E-state index in [2.05, 4.69) is 31.5 Å². The van der Waals surface area contributed by atoms with Crippen molar-refractivity contribution in [3.63, 3.8) is 0 Å². The van der Waals surface area contributed by atoms with Gasteiger partial charge in [-0.2, -0.15) is 0 Å². The number of nitrogens with zero attached hydrogens (tertiary/aromatic N) is 1. The fraction of sp³-hybridized carbons (Fsp3) is 0.278. The SMILES string of the molecule is CC(C)(C)OC(=O)NCc1ccc(C(=O)Nc2ccncc2)cc1Br. The topological polar surface area (TPSA) is 80.3 Å². The zero-order chi connectivity index (χ0) is 18.4. The van der Waals surface area contributed by atoms with Crippen LogP contribution in [-0.4, -0.2) is 22.6 Å². The number of carbonyl (C=O) groups is 2. The number of halogens is 1. The number of aromatic nitrogens is 1. The number of ether oxygens (including phenoxy) is 1. The fourth-order valence-corrected chi connectivity index (χ4v) is 2.47. The van der Waals surface area contributed by atoms with Gasteiger partial charge in [0.15, 0.2) is 0 Å². The number of hydrogen-bond acceptors (Lipinski definition) is 4. The molecule has 0 saturated carbocycles. The number of carbonyl (C=O) groups excluding carboxylic acids is 2. The average molecular weight is 406 g/mol. The van der Waals surface area contributed by atoms with Gasteiger partial charge in [0.25, 0.3) is 5.91 Å². The second kappa shape index (κ2) is 8.11. The summed E-state index contributed by atoms with van der Waals surface area (Å²) in [5.41, 5.74) is 1.47. The van der Waals surface area contributed by atoms with Crippen LogP contribution >= 0.6 is 15.9 Å². The minimum absolute atomic E-state index is 0.224. The van der Waals surface area contributed by atoms with Crippen molar-refractivity contribution in [2.75, 3.05) is 5.32 Å². The molecule has 6 nitrogen and oxygen atoms in total. The Morgan fingerprint density at radius 3 is 2.44 bits per heavy atom. The minimum Gasteiger partial charge on any atom is -0.444 e. The van der Waals surface area contributed by atoms with Crippen LogP contribution in [-0.2, 0) is 11.3 Å². The number of amides is 2. The van der Waals surface area contributed by atoms with Gasteiger partial charge in [-0.15, -0.1) is 0 Å². The maximum atomic E-state index is 12.3.